The molecule has 4 heterocycles. The zero-order valence-corrected chi connectivity index (χ0v) is 17.2. The third kappa shape index (κ3) is 2.62. The maximum absolute atomic E-state index is 13.5. The number of hydrogen-bond donors (Lipinski definition) is 0. The molecule has 2 aromatic rings. The van der Waals surface area contributed by atoms with E-state index in [1.807, 2.05) is 18.2 Å². The number of carbonyl (C=O) groups is 2. The van der Waals surface area contributed by atoms with Gasteiger partial charge in [-0.3, -0.25) is 0 Å². The van der Waals surface area contributed by atoms with E-state index in [0.29, 0.717) is 23.7 Å². The third-order valence-electron chi connectivity index (χ3n) is 5.68. The van der Waals surface area contributed by atoms with Crippen molar-refractivity contribution in [1.82, 2.24) is 14.8 Å². The zero-order chi connectivity index (χ0) is 20.2. The van der Waals surface area contributed by atoms with Gasteiger partial charge in [-0.05, 0) is 0 Å². The molecule has 2 fully saturated rings. The molecule has 0 aliphatic carbocycles. The van der Waals surface area contributed by atoms with E-state index in [-0.39, 0.29) is 32.6 Å². The van der Waals surface area contributed by atoms with Crippen molar-refractivity contribution >= 4 is 38.6 Å². The Morgan fingerprint density at radius 1 is 1.17 bits per heavy atom. The molecule has 0 saturated carbocycles. The van der Waals surface area contributed by atoms with Gasteiger partial charge in [-0.25, -0.2) is 0 Å². The number of hydrogen-bond acceptors (Lipinski definition) is 3. The van der Waals surface area contributed by atoms with Crippen molar-refractivity contribution in [3.8, 4) is 0 Å². The van der Waals surface area contributed by atoms with Crippen molar-refractivity contribution in [2.45, 2.75) is 10.9 Å². The van der Waals surface area contributed by atoms with Gasteiger partial charge in [-0.1, -0.05) is 0 Å². The van der Waals surface area contributed by atoms with E-state index in [9.17, 15) is 14.0 Å². The van der Waals surface area contributed by atoms with Crippen LogP contribution in [-0.4, -0.2) is 54.9 Å². The van der Waals surface area contributed by atoms with Gasteiger partial charge in [0.1, 0.15) is 0 Å². The molecule has 3 aliphatic heterocycles. The van der Waals surface area contributed by atoms with Crippen molar-refractivity contribution in [2.24, 2.45) is 0 Å². The second-order valence-corrected chi connectivity index (χ2v) is 8.84. The number of fused-ring (bicyclic) bond motifs is 3. The van der Waals surface area contributed by atoms with Crippen LogP contribution in [0, 0.1) is 5.95 Å². The maximum atomic E-state index is 13.5. The summed E-state index contributed by atoms with van der Waals surface area (Å²) in [5.41, 5.74) is 1.63. The summed E-state index contributed by atoms with van der Waals surface area (Å²) >= 11 is 6.12. The van der Waals surface area contributed by atoms with Crippen LogP contribution in [0.5, 0.6) is 0 Å². The van der Waals surface area contributed by atoms with Gasteiger partial charge in [0, 0.05) is 0 Å². The normalized spacial score (nSPS) is 22.3. The summed E-state index contributed by atoms with van der Waals surface area (Å²) in [5.74, 6) is -0.986. The molecule has 1 aromatic heterocycles. The molecule has 142 valence electrons. The summed E-state index contributed by atoms with van der Waals surface area (Å²) < 4.78 is 13.3. The number of pyridine rings is 1. The first-order chi connectivity index (χ1) is 14.0. The molecule has 5 nitrogen and oxygen atoms in total. The second-order valence-electron chi connectivity index (χ2n) is 7.13. The van der Waals surface area contributed by atoms with E-state index in [1.54, 1.807) is 21.9 Å². The first-order valence-electron chi connectivity index (χ1n) is 9.29. The Morgan fingerprint density at radius 3 is 2.69 bits per heavy atom. The number of benzene rings is 1. The second kappa shape index (κ2) is 6.81. The van der Waals surface area contributed by atoms with Crippen LogP contribution in [0.25, 0.3) is 0 Å². The first kappa shape index (κ1) is 18.6. The summed E-state index contributed by atoms with van der Waals surface area (Å²) in [5, 5.41) is 1.46. The topological polar surface area (TPSA) is 53.5 Å². The van der Waals surface area contributed by atoms with Gasteiger partial charge < -0.3 is 0 Å². The SMILES string of the molecule is O=C1C2=C[CH2][Al+][CH]=C2C2(c3ccc(Cl)cc3)N1CCN2C(=O)c1ccc(F)nc1. The van der Waals surface area contributed by atoms with Crippen LogP contribution in [0.15, 0.2) is 64.8 Å². The number of rotatable bonds is 2. The quantitative estimate of drug-likeness (QED) is 0.552. The Kier molecular flexibility index (Phi) is 4.36. The molecular weight excluding hydrogens is 408 g/mol. The number of allylic oxidation sites excluding steroid dienone is 1. The molecule has 1 unspecified atom stereocenters. The van der Waals surface area contributed by atoms with Crippen molar-refractivity contribution in [3.05, 3.63) is 86.9 Å². The molecule has 0 spiro atoms. The molecule has 2 saturated heterocycles. The van der Waals surface area contributed by atoms with Crippen LogP contribution in [0.2, 0.25) is 10.3 Å². The van der Waals surface area contributed by atoms with E-state index in [1.165, 1.54) is 18.3 Å². The number of amides is 2. The Balaban J connectivity index is 1.71. The molecule has 29 heavy (non-hydrogen) atoms. The molecule has 0 N–H and O–H groups in total. The summed E-state index contributed by atoms with van der Waals surface area (Å²) in [6.45, 7) is 0.802. The van der Waals surface area contributed by atoms with Crippen LogP contribution < -0.4 is 0 Å². The van der Waals surface area contributed by atoms with E-state index >= 15 is 0 Å². The Morgan fingerprint density at radius 2 is 1.97 bits per heavy atom. The van der Waals surface area contributed by atoms with Crippen LogP contribution in [0.4, 0.5) is 4.39 Å². The van der Waals surface area contributed by atoms with E-state index < -0.39 is 11.6 Å². The molecule has 2 amide bonds. The Bertz CT molecular complexity index is 1080. The fraction of sp³-hybridized carbons (Fsp3) is 0.190. The van der Waals surface area contributed by atoms with E-state index in [4.69, 9.17) is 11.6 Å². The predicted octanol–water partition coefficient (Wildman–Crippen LogP) is 2.97. The van der Waals surface area contributed by atoms with Crippen molar-refractivity contribution < 1.29 is 14.0 Å². The monoisotopic (exact) mass is 422 g/mol. The van der Waals surface area contributed by atoms with Gasteiger partial charge in [0.15, 0.2) is 0 Å². The number of halogens is 2. The van der Waals surface area contributed by atoms with Crippen LogP contribution in [0.3, 0.4) is 0 Å². The fourth-order valence-corrected chi connectivity index (χ4v) is 5.77. The summed E-state index contributed by atoms with van der Waals surface area (Å²) in [6.07, 6.45) is 3.23. The van der Waals surface area contributed by atoms with Gasteiger partial charge in [-0.2, -0.15) is 0 Å². The number of carbonyl (C=O) groups excluding carboxylic acids is 2. The van der Waals surface area contributed by atoms with Crippen LogP contribution in [0.1, 0.15) is 15.9 Å². The van der Waals surface area contributed by atoms with Gasteiger partial charge in [0.25, 0.3) is 0 Å². The number of nitrogens with zero attached hydrogens (tertiary/aromatic N) is 3. The molecule has 1 aromatic carbocycles. The minimum atomic E-state index is -1.01. The fourth-order valence-electron chi connectivity index (χ4n) is 4.49. The Labute approximate surface area is 178 Å². The molecule has 8 heteroatoms. The molecule has 0 bridgehead atoms. The average molecular weight is 423 g/mol. The first-order valence-corrected chi connectivity index (χ1v) is 11.2. The van der Waals surface area contributed by atoms with Gasteiger partial charge in [0.2, 0.25) is 0 Å². The predicted molar refractivity (Wildman–Crippen MR) is 107 cm³/mol. The van der Waals surface area contributed by atoms with E-state index in [0.717, 1.165) is 16.4 Å². The van der Waals surface area contributed by atoms with Crippen molar-refractivity contribution in [1.29, 1.82) is 0 Å². The van der Waals surface area contributed by atoms with Gasteiger partial charge >= 0.3 is 178 Å². The molecular formula is C21H15AlClFN3O2+. The number of aromatic nitrogens is 1. The zero-order valence-electron chi connectivity index (χ0n) is 15.3. The Hall–Kier alpha value is -2.46. The van der Waals surface area contributed by atoms with Gasteiger partial charge in [0.05, 0.1) is 0 Å². The summed E-state index contributed by atoms with van der Waals surface area (Å²) in [7, 11) is 0. The molecule has 5 rings (SSSR count). The van der Waals surface area contributed by atoms with Crippen molar-refractivity contribution in [3.63, 3.8) is 0 Å². The molecule has 0 radical (unpaired) electrons. The van der Waals surface area contributed by atoms with Gasteiger partial charge in [-0.15, -0.1) is 0 Å². The van der Waals surface area contributed by atoms with E-state index in [2.05, 4.69) is 9.92 Å². The van der Waals surface area contributed by atoms with Crippen molar-refractivity contribution in [2.75, 3.05) is 13.1 Å². The standard InChI is InChI=1S/C21H15ClFN3O2.Al/c1-3-17-13(2)21(15-5-7-16(22)8-6-15)25(10-11-26(21)20(17)28)19(27)14-4-9-18(23)24-12-14;/h2-9,12H,1,10-11H2;/q;+1. The molecule has 1 atom stereocenters. The summed E-state index contributed by atoms with van der Waals surface area (Å²) in [4.78, 5) is 35.9. The molecule has 3 aliphatic rings. The average Bonchev–Trinajstić information content (AvgIpc) is 3.25. The third-order valence-corrected chi connectivity index (χ3v) is 7.01. The van der Waals surface area contributed by atoms with Crippen LogP contribution in [-0.2, 0) is 10.5 Å². The van der Waals surface area contributed by atoms with Crippen LogP contribution >= 0.6 is 11.6 Å². The minimum absolute atomic E-state index is 0.0151. The summed E-state index contributed by atoms with van der Waals surface area (Å²) in [6, 6.07) is 9.87.